The van der Waals surface area contributed by atoms with E-state index in [0.29, 0.717) is 29.5 Å². The van der Waals surface area contributed by atoms with E-state index < -0.39 is 4.92 Å². The van der Waals surface area contributed by atoms with Crippen LogP contribution in [0.4, 0.5) is 5.69 Å². The van der Waals surface area contributed by atoms with Crippen molar-refractivity contribution < 1.29 is 9.34 Å². The summed E-state index contributed by atoms with van der Waals surface area (Å²) in [4.78, 5) is 14.6. The Bertz CT molecular complexity index is 595. The summed E-state index contributed by atoms with van der Waals surface area (Å²) >= 11 is 5.61. The fraction of sp³-hybridized carbons (Fsp3) is 0.308. The Kier molecular flexibility index (Phi) is 4.16. The van der Waals surface area contributed by atoms with Crippen LogP contribution in [-0.2, 0) is 6.42 Å². The lowest BCUT2D eigenvalue weighted by Gasteiger charge is -1.99. The van der Waals surface area contributed by atoms with E-state index >= 15 is 0 Å². The van der Waals surface area contributed by atoms with E-state index in [1.54, 1.807) is 13.1 Å². The Morgan fingerprint density at radius 3 is 2.89 bits per heavy atom. The van der Waals surface area contributed by atoms with Crippen molar-refractivity contribution in [2.45, 2.75) is 19.8 Å². The molecule has 100 valence electrons. The Balaban J connectivity index is 2.30. The molecule has 0 saturated carbocycles. The molecule has 0 bridgehead atoms. The van der Waals surface area contributed by atoms with Crippen LogP contribution in [0.25, 0.3) is 11.3 Å². The summed E-state index contributed by atoms with van der Waals surface area (Å²) in [6.07, 6.45) is 3.04. The summed E-state index contributed by atoms with van der Waals surface area (Å²) in [6.45, 7) is 1.81. The average Bonchev–Trinajstić information content (AvgIpc) is 2.84. The molecule has 0 amide bonds. The predicted molar refractivity (Wildman–Crippen MR) is 72.4 cm³/mol. The number of halogens is 1. The summed E-state index contributed by atoms with van der Waals surface area (Å²) < 4.78 is 5.57. The van der Waals surface area contributed by atoms with Crippen LogP contribution in [0, 0.1) is 17.0 Å². The van der Waals surface area contributed by atoms with Crippen LogP contribution in [0.1, 0.15) is 17.9 Å². The predicted octanol–water partition coefficient (Wildman–Crippen LogP) is 3.73. The van der Waals surface area contributed by atoms with Gasteiger partial charge in [0.05, 0.1) is 11.1 Å². The molecule has 0 radical (unpaired) electrons. The van der Waals surface area contributed by atoms with Crippen molar-refractivity contribution in [3.8, 4) is 11.3 Å². The van der Waals surface area contributed by atoms with Crippen molar-refractivity contribution in [3.63, 3.8) is 0 Å². The fourth-order valence-corrected chi connectivity index (χ4v) is 1.92. The number of aromatic nitrogens is 1. The van der Waals surface area contributed by atoms with E-state index in [9.17, 15) is 10.1 Å². The summed E-state index contributed by atoms with van der Waals surface area (Å²) in [5.41, 5.74) is 1.52. The van der Waals surface area contributed by atoms with E-state index in [4.69, 9.17) is 16.0 Å². The maximum atomic E-state index is 10.8. The molecule has 0 spiro atoms. The van der Waals surface area contributed by atoms with Gasteiger partial charge in [0.2, 0.25) is 0 Å². The molecule has 2 aromatic rings. The van der Waals surface area contributed by atoms with Crippen molar-refractivity contribution in [3.05, 3.63) is 46.0 Å². The zero-order valence-corrected chi connectivity index (χ0v) is 11.2. The number of aryl methyl sites for hydroxylation is 2. The van der Waals surface area contributed by atoms with Gasteiger partial charge in [-0.05, 0) is 25.0 Å². The molecule has 0 fully saturated rings. The molecule has 19 heavy (non-hydrogen) atoms. The minimum absolute atomic E-state index is 0.0497. The molecule has 0 unspecified atom stereocenters. The summed E-state index contributed by atoms with van der Waals surface area (Å²) in [5.74, 6) is 1.68. The summed E-state index contributed by atoms with van der Waals surface area (Å²) in [7, 11) is 0. The monoisotopic (exact) mass is 280 g/mol. The highest BCUT2D eigenvalue weighted by atomic mass is 35.5. The normalized spacial score (nSPS) is 10.6. The Morgan fingerprint density at radius 2 is 2.21 bits per heavy atom. The number of hydrogen-bond acceptors (Lipinski definition) is 4. The molecule has 5 nitrogen and oxygen atoms in total. The third kappa shape index (κ3) is 3.32. The zero-order valence-electron chi connectivity index (χ0n) is 10.4. The van der Waals surface area contributed by atoms with E-state index in [1.165, 1.54) is 12.1 Å². The van der Waals surface area contributed by atoms with Crippen LogP contribution < -0.4 is 0 Å². The number of rotatable bonds is 5. The Hall–Kier alpha value is -1.88. The second-order valence-electron chi connectivity index (χ2n) is 4.23. The third-order valence-electron chi connectivity index (χ3n) is 2.64. The van der Waals surface area contributed by atoms with Crippen LogP contribution in [0.5, 0.6) is 0 Å². The molecule has 6 heteroatoms. The van der Waals surface area contributed by atoms with Gasteiger partial charge in [0, 0.05) is 30.0 Å². The molecule has 0 aliphatic carbocycles. The maximum absolute atomic E-state index is 10.8. The van der Waals surface area contributed by atoms with Gasteiger partial charge in [0.1, 0.15) is 0 Å². The molecular formula is C13H13ClN2O3. The molecule has 1 aromatic carbocycles. The lowest BCUT2D eigenvalue weighted by molar-refractivity contribution is -0.384. The number of alkyl halides is 1. The largest absolute Gasteiger partial charge is 0.441 e. The molecule has 0 N–H and O–H groups in total. The number of benzene rings is 1. The SMILES string of the molecule is Cc1cc(-c2cnc(CCCCl)o2)cc([N+](=O)[O-])c1. The number of nitro groups is 1. The number of nitrogens with zero attached hydrogens (tertiary/aromatic N) is 2. The second kappa shape index (κ2) is 5.84. The van der Waals surface area contributed by atoms with E-state index in [1.807, 2.05) is 6.07 Å². The van der Waals surface area contributed by atoms with Gasteiger partial charge in [-0.25, -0.2) is 4.98 Å². The first-order valence-corrected chi connectivity index (χ1v) is 6.40. The Labute approximate surface area is 115 Å². The highest BCUT2D eigenvalue weighted by Gasteiger charge is 2.12. The van der Waals surface area contributed by atoms with Crippen molar-refractivity contribution in [2.24, 2.45) is 0 Å². The third-order valence-corrected chi connectivity index (χ3v) is 2.90. The summed E-state index contributed by atoms with van der Waals surface area (Å²) in [6, 6.07) is 4.84. The van der Waals surface area contributed by atoms with Gasteiger partial charge in [0.25, 0.3) is 5.69 Å². The van der Waals surface area contributed by atoms with E-state index in [0.717, 1.165) is 12.0 Å². The minimum Gasteiger partial charge on any atom is -0.441 e. The molecule has 1 aromatic heterocycles. The van der Waals surface area contributed by atoms with Crippen molar-refractivity contribution in [1.29, 1.82) is 0 Å². The van der Waals surface area contributed by atoms with Crippen LogP contribution >= 0.6 is 11.6 Å². The van der Waals surface area contributed by atoms with Crippen molar-refractivity contribution in [2.75, 3.05) is 5.88 Å². The summed E-state index contributed by atoms with van der Waals surface area (Å²) in [5, 5.41) is 10.8. The van der Waals surface area contributed by atoms with Crippen molar-refractivity contribution in [1.82, 2.24) is 4.98 Å². The number of nitro benzene ring substituents is 1. The molecule has 2 rings (SSSR count). The first kappa shape index (κ1) is 13.5. The van der Waals surface area contributed by atoms with Gasteiger partial charge in [-0.2, -0.15) is 0 Å². The fourth-order valence-electron chi connectivity index (χ4n) is 1.79. The van der Waals surface area contributed by atoms with Crippen LogP contribution in [0.3, 0.4) is 0 Å². The van der Waals surface area contributed by atoms with Crippen molar-refractivity contribution >= 4 is 17.3 Å². The number of non-ortho nitro benzene ring substituents is 1. The van der Waals surface area contributed by atoms with E-state index in [-0.39, 0.29) is 5.69 Å². The zero-order chi connectivity index (χ0) is 13.8. The molecule has 0 aliphatic rings. The average molecular weight is 281 g/mol. The van der Waals surface area contributed by atoms with Crippen LogP contribution in [0.2, 0.25) is 0 Å². The smallest absolute Gasteiger partial charge is 0.270 e. The van der Waals surface area contributed by atoms with Gasteiger partial charge in [-0.15, -0.1) is 11.6 Å². The number of hydrogen-bond donors (Lipinski definition) is 0. The highest BCUT2D eigenvalue weighted by molar-refractivity contribution is 6.17. The Morgan fingerprint density at radius 1 is 1.42 bits per heavy atom. The van der Waals surface area contributed by atoms with Gasteiger partial charge >= 0.3 is 0 Å². The first-order chi connectivity index (χ1) is 9.10. The second-order valence-corrected chi connectivity index (χ2v) is 4.60. The quantitative estimate of drug-likeness (QED) is 0.475. The first-order valence-electron chi connectivity index (χ1n) is 5.87. The minimum atomic E-state index is -0.415. The molecule has 1 heterocycles. The molecule has 0 atom stereocenters. The molecule has 0 aliphatic heterocycles. The van der Waals surface area contributed by atoms with Gasteiger partial charge < -0.3 is 4.42 Å². The standard InChI is InChI=1S/C13H13ClN2O3/c1-9-5-10(7-11(6-9)16(17)18)12-8-15-13(19-12)3-2-4-14/h5-8H,2-4H2,1H3. The lowest BCUT2D eigenvalue weighted by atomic mass is 10.1. The van der Waals surface area contributed by atoms with E-state index in [2.05, 4.69) is 4.98 Å². The van der Waals surface area contributed by atoms with Gasteiger partial charge in [0.15, 0.2) is 11.7 Å². The van der Waals surface area contributed by atoms with Gasteiger partial charge in [-0.1, -0.05) is 0 Å². The molecule has 0 saturated heterocycles. The maximum Gasteiger partial charge on any atom is 0.270 e. The lowest BCUT2D eigenvalue weighted by Crippen LogP contribution is -1.89. The van der Waals surface area contributed by atoms with Gasteiger partial charge in [-0.3, -0.25) is 10.1 Å². The highest BCUT2D eigenvalue weighted by Crippen LogP contribution is 2.26. The molecular weight excluding hydrogens is 268 g/mol. The number of oxazole rings is 1. The topological polar surface area (TPSA) is 69.2 Å². The van der Waals surface area contributed by atoms with Crippen LogP contribution in [-0.4, -0.2) is 15.8 Å². The van der Waals surface area contributed by atoms with Crippen LogP contribution in [0.15, 0.2) is 28.8 Å².